The molecule has 5 rings (SSSR count). The summed E-state index contributed by atoms with van der Waals surface area (Å²) in [5.41, 5.74) is 3.65. The molecule has 0 spiro atoms. The van der Waals surface area contributed by atoms with Crippen LogP contribution in [0.5, 0.6) is 0 Å². The summed E-state index contributed by atoms with van der Waals surface area (Å²) in [7, 11) is 0. The molecule has 0 atom stereocenters. The Morgan fingerprint density at radius 1 is 0.688 bits per heavy atom. The third-order valence-corrected chi connectivity index (χ3v) is 6.84. The lowest BCUT2D eigenvalue weighted by Crippen LogP contribution is -2.47. The molecular weight excluding hydrogens is 400 g/mol. The number of likely N-dealkylation sites (N-methyl/N-ethyl adjacent to an activating group) is 1. The number of nitrogens with zero attached hydrogens (tertiary/aromatic N) is 4. The molecule has 0 bridgehead atoms. The van der Waals surface area contributed by atoms with Crippen LogP contribution >= 0.6 is 0 Å². The summed E-state index contributed by atoms with van der Waals surface area (Å²) in [6, 6.07) is 17.5. The highest BCUT2D eigenvalue weighted by atomic mass is 16.2. The number of rotatable bonds is 5. The molecule has 2 aromatic rings. The Balaban J connectivity index is 1.48. The standard InChI is InChI=1S/C26H30N4O2/c1-2-27-16-18-29(19-17-27)24-23(20-8-4-3-5-9-20)25(31)30(26(24)32)22-12-10-21(11-13-22)28-14-6-7-15-28/h3-5,8-13H,2,6-7,14-19H2,1H3. The number of hydrogen-bond donors (Lipinski definition) is 0. The summed E-state index contributed by atoms with van der Waals surface area (Å²) in [5.74, 6) is -0.448. The highest BCUT2D eigenvalue weighted by Gasteiger charge is 2.43. The number of carbonyl (C=O) groups excluding carboxylic acids is 2. The lowest BCUT2D eigenvalue weighted by Gasteiger charge is -2.36. The van der Waals surface area contributed by atoms with Crippen molar-refractivity contribution >= 4 is 28.8 Å². The Morgan fingerprint density at radius 2 is 1.31 bits per heavy atom. The quantitative estimate of drug-likeness (QED) is 0.682. The van der Waals surface area contributed by atoms with Gasteiger partial charge in [0.2, 0.25) is 0 Å². The second-order valence-electron chi connectivity index (χ2n) is 8.67. The maximum Gasteiger partial charge on any atom is 0.282 e. The number of hydrogen-bond acceptors (Lipinski definition) is 5. The fraction of sp³-hybridized carbons (Fsp3) is 0.385. The predicted octanol–water partition coefficient (Wildman–Crippen LogP) is 3.21. The fourth-order valence-electron chi connectivity index (χ4n) is 4.99. The fourth-order valence-corrected chi connectivity index (χ4v) is 4.99. The van der Waals surface area contributed by atoms with Crippen LogP contribution < -0.4 is 9.80 Å². The Kier molecular flexibility index (Phi) is 5.70. The van der Waals surface area contributed by atoms with Crippen LogP contribution in [-0.2, 0) is 9.59 Å². The Morgan fingerprint density at radius 3 is 1.94 bits per heavy atom. The third-order valence-electron chi connectivity index (χ3n) is 6.84. The summed E-state index contributed by atoms with van der Waals surface area (Å²) in [5, 5.41) is 0. The number of piperazine rings is 1. The van der Waals surface area contributed by atoms with Crippen LogP contribution in [0, 0.1) is 0 Å². The van der Waals surface area contributed by atoms with Crippen LogP contribution in [0.1, 0.15) is 25.3 Å². The molecule has 3 aliphatic rings. The van der Waals surface area contributed by atoms with Crippen molar-refractivity contribution in [2.75, 3.05) is 55.6 Å². The van der Waals surface area contributed by atoms with Gasteiger partial charge in [0.05, 0.1) is 11.3 Å². The Labute approximate surface area is 189 Å². The summed E-state index contributed by atoms with van der Waals surface area (Å²) >= 11 is 0. The predicted molar refractivity (Wildman–Crippen MR) is 127 cm³/mol. The number of amides is 2. The van der Waals surface area contributed by atoms with Crippen LogP contribution in [0.25, 0.3) is 5.57 Å². The summed E-state index contributed by atoms with van der Waals surface area (Å²) in [6.45, 7) is 8.58. The molecule has 0 radical (unpaired) electrons. The van der Waals surface area contributed by atoms with E-state index in [1.165, 1.54) is 17.7 Å². The zero-order chi connectivity index (χ0) is 22.1. The monoisotopic (exact) mass is 430 g/mol. The number of anilines is 2. The maximum absolute atomic E-state index is 13.7. The molecule has 6 heteroatoms. The van der Waals surface area contributed by atoms with Gasteiger partial charge in [0.15, 0.2) is 0 Å². The van der Waals surface area contributed by atoms with E-state index in [0.29, 0.717) is 17.0 Å². The van der Waals surface area contributed by atoms with Crippen LogP contribution in [0.2, 0.25) is 0 Å². The van der Waals surface area contributed by atoms with Gasteiger partial charge in [-0.1, -0.05) is 37.3 Å². The van der Waals surface area contributed by atoms with Crippen molar-refractivity contribution < 1.29 is 9.59 Å². The largest absolute Gasteiger partial charge is 0.372 e. The summed E-state index contributed by atoms with van der Waals surface area (Å²) < 4.78 is 0. The first kappa shape index (κ1) is 20.8. The van der Waals surface area contributed by atoms with E-state index in [1.807, 2.05) is 54.6 Å². The van der Waals surface area contributed by atoms with Gasteiger partial charge in [-0.05, 0) is 49.2 Å². The Hall–Kier alpha value is -3.12. The minimum absolute atomic E-state index is 0.215. The molecule has 3 aliphatic heterocycles. The molecule has 0 saturated carbocycles. The highest BCUT2D eigenvalue weighted by Crippen LogP contribution is 2.36. The first-order valence-electron chi connectivity index (χ1n) is 11.7. The lowest BCUT2D eigenvalue weighted by molar-refractivity contribution is -0.120. The molecule has 2 amide bonds. The number of benzene rings is 2. The van der Waals surface area contributed by atoms with E-state index in [2.05, 4.69) is 21.6 Å². The van der Waals surface area contributed by atoms with Gasteiger partial charge in [0.1, 0.15) is 5.70 Å². The average Bonchev–Trinajstić information content (AvgIpc) is 3.46. The molecular formula is C26H30N4O2. The van der Waals surface area contributed by atoms with Crippen LogP contribution in [0.3, 0.4) is 0 Å². The molecule has 2 fully saturated rings. The van der Waals surface area contributed by atoms with Gasteiger partial charge < -0.3 is 14.7 Å². The second-order valence-corrected chi connectivity index (χ2v) is 8.67. The molecule has 0 N–H and O–H groups in total. The smallest absolute Gasteiger partial charge is 0.282 e. The first-order valence-corrected chi connectivity index (χ1v) is 11.7. The van der Waals surface area contributed by atoms with Gasteiger partial charge in [-0.15, -0.1) is 0 Å². The maximum atomic E-state index is 13.7. The first-order chi connectivity index (χ1) is 15.7. The lowest BCUT2D eigenvalue weighted by atomic mass is 10.0. The van der Waals surface area contributed by atoms with Crippen molar-refractivity contribution in [2.45, 2.75) is 19.8 Å². The normalized spacial score (nSPS) is 20.1. The van der Waals surface area contributed by atoms with E-state index in [9.17, 15) is 9.59 Å². The molecule has 0 aliphatic carbocycles. The minimum Gasteiger partial charge on any atom is -0.372 e. The molecule has 166 valence electrons. The molecule has 3 heterocycles. The van der Waals surface area contributed by atoms with Crippen LogP contribution in [0.15, 0.2) is 60.3 Å². The van der Waals surface area contributed by atoms with Gasteiger partial charge in [0, 0.05) is 45.0 Å². The second kappa shape index (κ2) is 8.79. The van der Waals surface area contributed by atoms with Gasteiger partial charge in [-0.2, -0.15) is 0 Å². The van der Waals surface area contributed by atoms with Gasteiger partial charge in [-0.25, -0.2) is 4.90 Å². The SMILES string of the molecule is CCN1CCN(C2=C(c3ccccc3)C(=O)N(c3ccc(N4CCCC4)cc3)C2=O)CC1. The molecule has 2 aromatic carbocycles. The van der Waals surface area contributed by atoms with Gasteiger partial charge in [0.25, 0.3) is 11.8 Å². The van der Waals surface area contributed by atoms with E-state index in [4.69, 9.17) is 0 Å². The van der Waals surface area contributed by atoms with Gasteiger partial charge in [-0.3, -0.25) is 9.59 Å². The molecule has 2 saturated heterocycles. The molecule has 0 unspecified atom stereocenters. The molecule has 0 aromatic heterocycles. The van der Waals surface area contributed by atoms with Crippen LogP contribution in [-0.4, -0.2) is 67.4 Å². The van der Waals surface area contributed by atoms with E-state index >= 15 is 0 Å². The minimum atomic E-state index is -0.233. The van der Waals surface area contributed by atoms with Crippen molar-refractivity contribution in [2.24, 2.45) is 0 Å². The van der Waals surface area contributed by atoms with Crippen molar-refractivity contribution in [3.8, 4) is 0 Å². The summed E-state index contributed by atoms with van der Waals surface area (Å²) in [6.07, 6.45) is 2.42. The van der Waals surface area contributed by atoms with Crippen LogP contribution in [0.4, 0.5) is 11.4 Å². The zero-order valence-corrected chi connectivity index (χ0v) is 18.7. The number of imide groups is 1. The van der Waals surface area contributed by atoms with E-state index in [-0.39, 0.29) is 11.8 Å². The zero-order valence-electron chi connectivity index (χ0n) is 18.7. The third kappa shape index (κ3) is 3.69. The van der Waals surface area contributed by atoms with E-state index in [0.717, 1.165) is 57.1 Å². The van der Waals surface area contributed by atoms with E-state index in [1.54, 1.807) is 0 Å². The van der Waals surface area contributed by atoms with Crippen molar-refractivity contribution in [3.63, 3.8) is 0 Å². The van der Waals surface area contributed by atoms with Crippen molar-refractivity contribution in [3.05, 3.63) is 65.9 Å². The molecule has 6 nitrogen and oxygen atoms in total. The summed E-state index contributed by atoms with van der Waals surface area (Å²) in [4.78, 5) is 35.5. The topological polar surface area (TPSA) is 47.1 Å². The number of carbonyl (C=O) groups is 2. The molecule has 32 heavy (non-hydrogen) atoms. The Bertz CT molecular complexity index is 1020. The van der Waals surface area contributed by atoms with Gasteiger partial charge >= 0.3 is 0 Å². The average molecular weight is 431 g/mol. The van der Waals surface area contributed by atoms with Crippen molar-refractivity contribution in [1.29, 1.82) is 0 Å². The highest BCUT2D eigenvalue weighted by molar-refractivity contribution is 6.45. The van der Waals surface area contributed by atoms with E-state index < -0.39 is 0 Å². The van der Waals surface area contributed by atoms with Crippen molar-refractivity contribution in [1.82, 2.24) is 9.80 Å².